The van der Waals surface area contributed by atoms with Crippen LogP contribution in [0.25, 0.3) is 16.9 Å². The standard InChI is InChI=1S/C28H28N4O3/c1-20-12-14-22(15-13-20)32-26(19-24(31-32)23-10-6-7-11-25(23)35-2)30-27(33)16-17-29-28(34)18-21-8-4-3-5-9-21/h3-15,19H,16-18H2,1-2H3,(H,29,34)(H,30,33). The number of nitrogens with one attached hydrogen (secondary N) is 2. The van der Waals surface area contributed by atoms with Crippen molar-refractivity contribution < 1.29 is 14.3 Å². The molecule has 0 bridgehead atoms. The Balaban J connectivity index is 1.47. The van der Waals surface area contributed by atoms with Crippen molar-refractivity contribution in [3.63, 3.8) is 0 Å². The van der Waals surface area contributed by atoms with E-state index >= 15 is 0 Å². The van der Waals surface area contributed by atoms with Crippen molar-refractivity contribution in [2.24, 2.45) is 0 Å². The van der Waals surface area contributed by atoms with E-state index in [1.54, 1.807) is 11.8 Å². The molecule has 7 nitrogen and oxygen atoms in total. The first-order chi connectivity index (χ1) is 17.0. The van der Waals surface area contributed by atoms with E-state index in [4.69, 9.17) is 9.84 Å². The van der Waals surface area contributed by atoms with Crippen LogP contribution in [-0.2, 0) is 16.0 Å². The van der Waals surface area contributed by atoms with Gasteiger partial charge in [0.05, 0.1) is 24.9 Å². The van der Waals surface area contributed by atoms with Gasteiger partial charge in [-0.2, -0.15) is 5.10 Å². The number of rotatable bonds is 9. The number of benzene rings is 3. The predicted molar refractivity (Wildman–Crippen MR) is 137 cm³/mol. The molecule has 4 aromatic rings. The lowest BCUT2D eigenvalue weighted by Gasteiger charge is -2.10. The van der Waals surface area contributed by atoms with Crippen LogP contribution < -0.4 is 15.4 Å². The quantitative estimate of drug-likeness (QED) is 0.378. The fourth-order valence-electron chi connectivity index (χ4n) is 3.71. The summed E-state index contributed by atoms with van der Waals surface area (Å²) in [6, 6.07) is 26.8. The number of carbonyl (C=O) groups excluding carboxylic acids is 2. The van der Waals surface area contributed by atoms with Gasteiger partial charge in [-0.05, 0) is 36.8 Å². The molecule has 0 aliphatic heterocycles. The Hall–Kier alpha value is -4.39. The summed E-state index contributed by atoms with van der Waals surface area (Å²) in [7, 11) is 1.62. The molecule has 2 N–H and O–H groups in total. The number of anilines is 1. The van der Waals surface area contributed by atoms with Gasteiger partial charge in [0, 0.05) is 24.6 Å². The molecule has 0 saturated heterocycles. The highest BCUT2D eigenvalue weighted by Gasteiger charge is 2.16. The minimum Gasteiger partial charge on any atom is -0.496 e. The number of hydrogen-bond donors (Lipinski definition) is 2. The second kappa shape index (κ2) is 11.2. The molecule has 0 fully saturated rings. The van der Waals surface area contributed by atoms with Gasteiger partial charge in [-0.25, -0.2) is 4.68 Å². The Morgan fingerprint density at radius 3 is 2.37 bits per heavy atom. The lowest BCUT2D eigenvalue weighted by molar-refractivity contribution is -0.120. The molecule has 7 heteroatoms. The van der Waals surface area contributed by atoms with Crippen molar-refractivity contribution in [2.75, 3.05) is 19.0 Å². The first kappa shape index (κ1) is 23.8. The molecule has 2 amide bonds. The minimum absolute atomic E-state index is 0.118. The van der Waals surface area contributed by atoms with E-state index in [-0.39, 0.29) is 31.2 Å². The lowest BCUT2D eigenvalue weighted by Crippen LogP contribution is -2.29. The topological polar surface area (TPSA) is 85.3 Å². The largest absolute Gasteiger partial charge is 0.496 e. The molecule has 0 atom stereocenters. The predicted octanol–water partition coefficient (Wildman–Crippen LogP) is 4.54. The molecule has 178 valence electrons. The van der Waals surface area contributed by atoms with Gasteiger partial charge in [-0.1, -0.05) is 60.2 Å². The van der Waals surface area contributed by atoms with Crippen molar-refractivity contribution in [3.05, 3.63) is 96.1 Å². The molecule has 4 rings (SSSR count). The third-order valence-corrected chi connectivity index (χ3v) is 5.52. The van der Waals surface area contributed by atoms with Crippen LogP contribution >= 0.6 is 0 Å². The van der Waals surface area contributed by atoms with E-state index in [0.717, 1.165) is 22.4 Å². The summed E-state index contributed by atoms with van der Waals surface area (Å²) in [5.74, 6) is 0.896. The maximum absolute atomic E-state index is 12.7. The smallest absolute Gasteiger partial charge is 0.227 e. The summed E-state index contributed by atoms with van der Waals surface area (Å²) >= 11 is 0. The molecular weight excluding hydrogens is 440 g/mol. The Morgan fingerprint density at radius 1 is 0.914 bits per heavy atom. The Labute approximate surface area is 204 Å². The number of carbonyl (C=O) groups is 2. The second-order valence-corrected chi connectivity index (χ2v) is 8.17. The van der Waals surface area contributed by atoms with E-state index in [9.17, 15) is 9.59 Å². The van der Waals surface area contributed by atoms with Gasteiger partial charge in [-0.15, -0.1) is 0 Å². The summed E-state index contributed by atoms with van der Waals surface area (Å²) in [5.41, 5.74) is 4.38. The van der Waals surface area contributed by atoms with Crippen LogP contribution in [0, 0.1) is 6.92 Å². The third kappa shape index (κ3) is 6.14. The molecule has 0 spiro atoms. The van der Waals surface area contributed by atoms with Crippen LogP contribution in [0.3, 0.4) is 0 Å². The SMILES string of the molecule is COc1ccccc1-c1cc(NC(=O)CCNC(=O)Cc2ccccc2)n(-c2ccc(C)cc2)n1. The number of hydrogen-bond acceptors (Lipinski definition) is 4. The fourth-order valence-corrected chi connectivity index (χ4v) is 3.71. The van der Waals surface area contributed by atoms with Gasteiger partial charge in [0.25, 0.3) is 0 Å². The van der Waals surface area contributed by atoms with Crippen LogP contribution in [0.5, 0.6) is 5.75 Å². The number of aryl methyl sites for hydroxylation is 1. The highest BCUT2D eigenvalue weighted by atomic mass is 16.5. The minimum atomic E-state index is -0.218. The first-order valence-electron chi connectivity index (χ1n) is 11.4. The van der Waals surface area contributed by atoms with Crippen LogP contribution in [0.4, 0.5) is 5.82 Å². The van der Waals surface area contributed by atoms with E-state index < -0.39 is 0 Å². The van der Waals surface area contributed by atoms with Crippen molar-refractivity contribution in [1.29, 1.82) is 0 Å². The highest BCUT2D eigenvalue weighted by molar-refractivity contribution is 5.91. The maximum atomic E-state index is 12.7. The van der Waals surface area contributed by atoms with Crippen molar-refractivity contribution in [3.8, 4) is 22.7 Å². The molecule has 0 unspecified atom stereocenters. The van der Waals surface area contributed by atoms with Gasteiger partial charge in [-0.3, -0.25) is 9.59 Å². The first-order valence-corrected chi connectivity index (χ1v) is 11.4. The number of amides is 2. The van der Waals surface area contributed by atoms with E-state index in [1.807, 2.05) is 91.9 Å². The van der Waals surface area contributed by atoms with Crippen LogP contribution in [0.2, 0.25) is 0 Å². The molecule has 35 heavy (non-hydrogen) atoms. The van der Waals surface area contributed by atoms with Gasteiger partial charge in [0.2, 0.25) is 11.8 Å². The average Bonchev–Trinajstić information content (AvgIpc) is 3.28. The van der Waals surface area contributed by atoms with Gasteiger partial charge < -0.3 is 15.4 Å². The molecule has 1 heterocycles. The molecule has 3 aromatic carbocycles. The number of methoxy groups -OCH3 is 1. The normalized spacial score (nSPS) is 10.6. The Kier molecular flexibility index (Phi) is 7.57. The number of ether oxygens (including phenoxy) is 1. The van der Waals surface area contributed by atoms with Crippen LogP contribution in [-0.4, -0.2) is 35.2 Å². The van der Waals surface area contributed by atoms with Gasteiger partial charge >= 0.3 is 0 Å². The number of para-hydroxylation sites is 1. The Morgan fingerprint density at radius 2 is 1.63 bits per heavy atom. The average molecular weight is 469 g/mol. The zero-order valence-electron chi connectivity index (χ0n) is 19.8. The molecule has 0 aliphatic carbocycles. The van der Waals surface area contributed by atoms with E-state index in [1.165, 1.54) is 0 Å². The molecule has 0 aliphatic rings. The third-order valence-electron chi connectivity index (χ3n) is 5.52. The summed E-state index contributed by atoms with van der Waals surface area (Å²) in [6.07, 6.45) is 0.425. The van der Waals surface area contributed by atoms with Gasteiger partial charge in [0.15, 0.2) is 0 Å². The van der Waals surface area contributed by atoms with Gasteiger partial charge in [0.1, 0.15) is 11.6 Å². The molecular formula is C28H28N4O3. The summed E-state index contributed by atoms with van der Waals surface area (Å²) < 4.78 is 7.19. The second-order valence-electron chi connectivity index (χ2n) is 8.17. The maximum Gasteiger partial charge on any atom is 0.227 e. The van der Waals surface area contributed by atoms with E-state index in [2.05, 4.69) is 10.6 Å². The number of nitrogens with zero attached hydrogens (tertiary/aromatic N) is 2. The zero-order valence-corrected chi connectivity index (χ0v) is 19.8. The zero-order chi connectivity index (χ0) is 24.6. The van der Waals surface area contributed by atoms with E-state index in [0.29, 0.717) is 17.3 Å². The lowest BCUT2D eigenvalue weighted by atomic mass is 10.1. The van der Waals surface area contributed by atoms with Crippen LogP contribution in [0.1, 0.15) is 17.5 Å². The Bertz CT molecular complexity index is 1300. The molecule has 0 radical (unpaired) electrons. The number of aromatic nitrogens is 2. The summed E-state index contributed by atoms with van der Waals surface area (Å²) in [5, 5.41) is 10.5. The molecule has 1 aromatic heterocycles. The van der Waals surface area contributed by atoms with Crippen molar-refractivity contribution in [1.82, 2.24) is 15.1 Å². The van der Waals surface area contributed by atoms with Crippen molar-refractivity contribution in [2.45, 2.75) is 19.8 Å². The van der Waals surface area contributed by atoms with Crippen molar-refractivity contribution >= 4 is 17.6 Å². The highest BCUT2D eigenvalue weighted by Crippen LogP contribution is 2.31. The van der Waals surface area contributed by atoms with Crippen LogP contribution in [0.15, 0.2) is 84.9 Å². The summed E-state index contributed by atoms with van der Waals surface area (Å²) in [4.78, 5) is 24.9. The monoisotopic (exact) mass is 468 g/mol. The molecule has 0 saturated carbocycles. The summed E-state index contributed by atoms with van der Waals surface area (Å²) in [6.45, 7) is 2.26. The fraction of sp³-hybridized carbons (Fsp3) is 0.179.